The van der Waals surface area contributed by atoms with Gasteiger partial charge in [-0.2, -0.15) is 4.68 Å². The lowest BCUT2D eigenvalue weighted by Crippen LogP contribution is -2.13. The van der Waals surface area contributed by atoms with Crippen molar-refractivity contribution in [1.29, 1.82) is 0 Å². The van der Waals surface area contributed by atoms with E-state index < -0.39 is 0 Å². The number of hydrogen-bond acceptors (Lipinski definition) is 6. The van der Waals surface area contributed by atoms with Crippen molar-refractivity contribution in [2.45, 2.75) is 6.92 Å². The molecule has 0 aliphatic rings. The molecule has 4 aromatic rings. The fourth-order valence-corrected chi connectivity index (χ4v) is 2.65. The molecule has 1 N–H and O–H groups in total. The van der Waals surface area contributed by atoms with E-state index in [1.54, 1.807) is 72.0 Å². The summed E-state index contributed by atoms with van der Waals surface area (Å²) < 4.78 is 8.71. The highest BCUT2D eigenvalue weighted by atomic mass is 16.5. The first-order valence-corrected chi connectivity index (χ1v) is 7.83. The van der Waals surface area contributed by atoms with Crippen LogP contribution in [-0.2, 0) is 0 Å². The van der Waals surface area contributed by atoms with Gasteiger partial charge < -0.3 is 14.5 Å². The van der Waals surface area contributed by atoms with E-state index in [0.717, 1.165) is 5.65 Å². The number of aromatic nitrogens is 6. The normalized spacial score (nSPS) is 10.8. The zero-order valence-electron chi connectivity index (χ0n) is 14.1. The first-order valence-electron chi connectivity index (χ1n) is 7.83. The summed E-state index contributed by atoms with van der Waals surface area (Å²) in [5, 5.41) is 14.4. The van der Waals surface area contributed by atoms with E-state index in [4.69, 9.17) is 4.74 Å². The number of nitrogens with zero attached hydrogens (tertiary/aromatic N) is 6. The largest absolute Gasteiger partial charge is 0.494 e. The molecule has 1 aromatic carbocycles. The fraction of sp³-hybridized carbons (Fsp3) is 0.118. The van der Waals surface area contributed by atoms with Gasteiger partial charge in [0.2, 0.25) is 0 Å². The van der Waals surface area contributed by atoms with Gasteiger partial charge in [-0.05, 0) is 47.7 Å². The van der Waals surface area contributed by atoms with Gasteiger partial charge in [-0.15, -0.1) is 5.10 Å². The lowest BCUT2D eigenvalue weighted by atomic mass is 10.2. The second-order valence-electron chi connectivity index (χ2n) is 5.59. The maximum absolute atomic E-state index is 12.6. The van der Waals surface area contributed by atoms with Gasteiger partial charge in [-0.3, -0.25) is 4.79 Å². The van der Waals surface area contributed by atoms with Crippen LogP contribution in [0.5, 0.6) is 5.75 Å². The summed E-state index contributed by atoms with van der Waals surface area (Å²) in [7, 11) is 1.57. The van der Waals surface area contributed by atoms with Crippen LogP contribution in [0, 0.1) is 6.92 Å². The average molecular weight is 349 g/mol. The molecule has 0 bridgehead atoms. The molecule has 0 saturated heterocycles. The van der Waals surface area contributed by atoms with E-state index in [2.05, 4.69) is 25.8 Å². The van der Waals surface area contributed by atoms with E-state index in [9.17, 15) is 4.79 Å². The first kappa shape index (κ1) is 15.8. The van der Waals surface area contributed by atoms with Crippen LogP contribution in [0.2, 0.25) is 0 Å². The molecule has 9 nitrogen and oxygen atoms in total. The number of benzene rings is 1. The summed E-state index contributed by atoms with van der Waals surface area (Å²) in [6, 6.07) is 8.79. The number of anilines is 1. The molecule has 26 heavy (non-hydrogen) atoms. The van der Waals surface area contributed by atoms with Gasteiger partial charge in [0, 0.05) is 24.3 Å². The Balaban J connectivity index is 1.65. The number of pyridine rings is 1. The molecular weight excluding hydrogens is 334 g/mol. The van der Waals surface area contributed by atoms with Gasteiger partial charge >= 0.3 is 0 Å². The minimum Gasteiger partial charge on any atom is -0.494 e. The van der Waals surface area contributed by atoms with Crippen LogP contribution < -0.4 is 10.1 Å². The second-order valence-corrected chi connectivity index (χ2v) is 5.59. The van der Waals surface area contributed by atoms with Gasteiger partial charge in [0.25, 0.3) is 5.91 Å². The number of carbonyl (C=O) groups is 1. The molecule has 0 aliphatic carbocycles. The van der Waals surface area contributed by atoms with Crippen molar-refractivity contribution in [3.8, 4) is 11.4 Å². The van der Waals surface area contributed by atoms with Gasteiger partial charge in [0.15, 0.2) is 5.82 Å². The number of carbonyl (C=O) groups excluding carboxylic acids is 1. The van der Waals surface area contributed by atoms with Crippen molar-refractivity contribution in [1.82, 2.24) is 29.6 Å². The van der Waals surface area contributed by atoms with Crippen molar-refractivity contribution in [2.24, 2.45) is 0 Å². The van der Waals surface area contributed by atoms with Gasteiger partial charge in [0.05, 0.1) is 12.7 Å². The second kappa shape index (κ2) is 6.28. The van der Waals surface area contributed by atoms with E-state index in [1.807, 2.05) is 0 Å². The van der Waals surface area contributed by atoms with Crippen LogP contribution in [-0.4, -0.2) is 42.6 Å². The predicted molar refractivity (Wildman–Crippen MR) is 93.6 cm³/mol. The number of ether oxygens (including phenoxy) is 1. The Kier molecular flexibility index (Phi) is 3.81. The molecule has 0 saturated carbocycles. The monoisotopic (exact) mass is 349 g/mol. The summed E-state index contributed by atoms with van der Waals surface area (Å²) in [4.78, 5) is 16.7. The zero-order chi connectivity index (χ0) is 18.1. The van der Waals surface area contributed by atoms with Crippen LogP contribution in [0.4, 0.5) is 5.69 Å². The minimum absolute atomic E-state index is 0.231. The molecule has 3 aromatic heterocycles. The van der Waals surface area contributed by atoms with E-state index in [0.29, 0.717) is 28.5 Å². The molecule has 9 heteroatoms. The molecule has 130 valence electrons. The van der Waals surface area contributed by atoms with Crippen LogP contribution >= 0.6 is 0 Å². The Labute approximate surface area is 148 Å². The summed E-state index contributed by atoms with van der Waals surface area (Å²) in [6.45, 7) is 1.78. The number of fused-ring (bicyclic) bond motifs is 1. The Morgan fingerprint density at radius 2 is 2.12 bits per heavy atom. The molecule has 0 fully saturated rings. The third-order valence-electron chi connectivity index (χ3n) is 3.94. The minimum atomic E-state index is -0.231. The molecule has 0 aliphatic heterocycles. The molecule has 0 radical (unpaired) electrons. The van der Waals surface area contributed by atoms with Crippen LogP contribution in [0.1, 0.15) is 16.2 Å². The van der Waals surface area contributed by atoms with E-state index in [-0.39, 0.29) is 5.91 Å². The highest BCUT2D eigenvalue weighted by molar-refractivity contribution is 6.04. The van der Waals surface area contributed by atoms with Gasteiger partial charge in [-0.1, -0.05) is 0 Å². The van der Waals surface area contributed by atoms with E-state index in [1.165, 1.54) is 0 Å². The molecule has 0 spiro atoms. The predicted octanol–water partition coefficient (Wildman–Crippen LogP) is 1.88. The fourth-order valence-electron chi connectivity index (χ4n) is 2.65. The molecule has 1 amide bonds. The molecule has 4 rings (SSSR count). The maximum atomic E-state index is 12.6. The Morgan fingerprint density at radius 3 is 2.88 bits per heavy atom. The van der Waals surface area contributed by atoms with Gasteiger partial charge in [-0.25, -0.2) is 4.98 Å². The molecule has 0 atom stereocenters. The van der Waals surface area contributed by atoms with Crippen LogP contribution in [0.25, 0.3) is 11.3 Å². The highest BCUT2D eigenvalue weighted by Crippen LogP contribution is 2.26. The van der Waals surface area contributed by atoms with Crippen molar-refractivity contribution in [2.75, 3.05) is 12.4 Å². The number of imidazole rings is 1. The van der Waals surface area contributed by atoms with Crippen LogP contribution in [0.15, 0.2) is 48.9 Å². The maximum Gasteiger partial charge on any atom is 0.257 e. The number of rotatable bonds is 4. The number of amides is 1. The van der Waals surface area contributed by atoms with E-state index >= 15 is 0 Å². The summed E-state index contributed by atoms with van der Waals surface area (Å²) in [5.74, 6) is 0.973. The molecular formula is C17H15N7O2. The Hall–Kier alpha value is -3.75. The van der Waals surface area contributed by atoms with Crippen molar-refractivity contribution < 1.29 is 9.53 Å². The third-order valence-corrected chi connectivity index (χ3v) is 3.94. The van der Waals surface area contributed by atoms with Gasteiger partial charge in [0.1, 0.15) is 17.1 Å². The SMILES string of the molecule is COc1ccc(NC(=O)c2ccc3nccn3c2)cc1-n1nnnc1C. The highest BCUT2D eigenvalue weighted by Gasteiger charge is 2.13. The number of aryl methyl sites for hydroxylation is 1. The number of tetrazole rings is 1. The van der Waals surface area contributed by atoms with Crippen molar-refractivity contribution in [3.63, 3.8) is 0 Å². The Morgan fingerprint density at radius 1 is 1.23 bits per heavy atom. The number of nitrogens with one attached hydrogen (secondary N) is 1. The van der Waals surface area contributed by atoms with Crippen molar-refractivity contribution >= 4 is 17.2 Å². The lowest BCUT2D eigenvalue weighted by molar-refractivity contribution is 0.102. The van der Waals surface area contributed by atoms with Crippen molar-refractivity contribution in [3.05, 3.63) is 60.3 Å². The van der Waals surface area contributed by atoms with Crippen LogP contribution in [0.3, 0.4) is 0 Å². The topological polar surface area (TPSA) is 99.2 Å². The number of hydrogen-bond donors (Lipinski definition) is 1. The smallest absolute Gasteiger partial charge is 0.257 e. The standard InChI is InChI=1S/C17H15N7O2/c1-11-20-21-22-24(11)14-9-13(4-5-15(14)26-2)19-17(25)12-3-6-16-18-7-8-23(16)10-12/h3-10H,1-2H3,(H,19,25). The average Bonchev–Trinajstić information content (AvgIpc) is 3.29. The Bertz CT molecular complexity index is 1100. The third kappa shape index (κ3) is 2.75. The molecule has 0 unspecified atom stereocenters. The molecule has 3 heterocycles. The summed E-state index contributed by atoms with van der Waals surface area (Å²) in [5.41, 5.74) is 2.54. The quantitative estimate of drug-likeness (QED) is 0.604. The first-order chi connectivity index (χ1) is 12.7. The summed E-state index contributed by atoms with van der Waals surface area (Å²) in [6.07, 6.45) is 5.20. The zero-order valence-corrected chi connectivity index (χ0v) is 14.1. The number of methoxy groups -OCH3 is 1. The summed E-state index contributed by atoms with van der Waals surface area (Å²) >= 11 is 0. The lowest BCUT2D eigenvalue weighted by Gasteiger charge is -2.12.